The molecule has 3 amide bonds. The first kappa shape index (κ1) is 33.7. The predicted octanol–water partition coefficient (Wildman–Crippen LogP) is 3.56. The average molecular weight is 594 g/mol. The van der Waals surface area contributed by atoms with Crippen molar-refractivity contribution in [3.05, 3.63) is 41.0 Å². The number of β-amino-alcohol motifs (C(OH)–C–C–N with tert-alkyl or cyclic N) is 1. The highest BCUT2D eigenvalue weighted by Crippen LogP contribution is 2.28. The summed E-state index contributed by atoms with van der Waals surface area (Å²) in [6, 6.07) is 6.32. The molecular formula is C29H44ClN5O4S. The third kappa shape index (κ3) is 9.26. The number of nitrogens with one attached hydrogen (secondary N) is 2. The zero-order chi connectivity index (χ0) is 28.6. The van der Waals surface area contributed by atoms with Gasteiger partial charge in [0.15, 0.2) is 0 Å². The fraction of sp³-hybridized carbons (Fsp3) is 0.586. The van der Waals surface area contributed by atoms with E-state index in [9.17, 15) is 19.5 Å². The molecule has 40 heavy (non-hydrogen) atoms. The Labute approximate surface area is 247 Å². The third-order valence-electron chi connectivity index (χ3n) is 7.07. The molecule has 1 fully saturated rings. The Balaban J connectivity index is 0.00000560. The molecule has 0 saturated carbocycles. The van der Waals surface area contributed by atoms with Gasteiger partial charge in [0.1, 0.15) is 12.1 Å². The Morgan fingerprint density at radius 3 is 2.42 bits per heavy atom. The van der Waals surface area contributed by atoms with Gasteiger partial charge >= 0.3 is 0 Å². The van der Waals surface area contributed by atoms with Gasteiger partial charge in [-0.25, -0.2) is 4.98 Å². The van der Waals surface area contributed by atoms with E-state index < -0.39 is 23.6 Å². The van der Waals surface area contributed by atoms with Crippen LogP contribution in [0.15, 0.2) is 29.8 Å². The van der Waals surface area contributed by atoms with Crippen molar-refractivity contribution in [2.45, 2.75) is 91.0 Å². The van der Waals surface area contributed by atoms with Gasteiger partial charge in [-0.15, -0.1) is 23.7 Å². The number of nitrogens with zero attached hydrogens (tertiary/aromatic N) is 2. The van der Waals surface area contributed by atoms with E-state index >= 15 is 0 Å². The number of aliphatic hydroxyl groups is 1. The van der Waals surface area contributed by atoms with Gasteiger partial charge in [-0.2, -0.15) is 0 Å². The van der Waals surface area contributed by atoms with Crippen LogP contribution in [0.25, 0.3) is 10.4 Å². The normalized spacial score (nSPS) is 17.7. The smallest absolute Gasteiger partial charge is 0.246 e. The van der Waals surface area contributed by atoms with E-state index in [0.29, 0.717) is 19.5 Å². The molecule has 222 valence electrons. The van der Waals surface area contributed by atoms with E-state index in [1.807, 2.05) is 57.5 Å². The van der Waals surface area contributed by atoms with E-state index in [0.717, 1.165) is 47.4 Å². The topological polar surface area (TPSA) is 138 Å². The number of benzene rings is 1. The Hall–Kier alpha value is -2.53. The number of rotatable bonds is 12. The lowest BCUT2D eigenvalue weighted by atomic mass is 9.85. The Morgan fingerprint density at radius 2 is 1.82 bits per heavy atom. The Morgan fingerprint density at radius 1 is 1.15 bits per heavy atom. The average Bonchev–Trinajstić information content (AvgIpc) is 3.50. The van der Waals surface area contributed by atoms with Gasteiger partial charge in [0.2, 0.25) is 17.7 Å². The van der Waals surface area contributed by atoms with E-state index in [4.69, 9.17) is 5.73 Å². The first-order valence-electron chi connectivity index (χ1n) is 13.8. The van der Waals surface area contributed by atoms with Crippen LogP contribution >= 0.6 is 23.7 Å². The maximum atomic E-state index is 13.7. The number of aromatic nitrogens is 1. The molecule has 2 aromatic rings. The third-order valence-corrected chi connectivity index (χ3v) is 8.05. The number of unbranched alkanes of at least 4 members (excludes halogenated alkanes) is 3. The molecule has 1 aliphatic heterocycles. The van der Waals surface area contributed by atoms with Gasteiger partial charge < -0.3 is 26.4 Å². The van der Waals surface area contributed by atoms with Crippen LogP contribution in [0.4, 0.5) is 0 Å². The van der Waals surface area contributed by atoms with Crippen molar-refractivity contribution in [3.63, 3.8) is 0 Å². The molecule has 1 saturated heterocycles. The van der Waals surface area contributed by atoms with Gasteiger partial charge in [-0.1, -0.05) is 57.9 Å². The summed E-state index contributed by atoms with van der Waals surface area (Å²) in [5, 5.41) is 16.2. The van der Waals surface area contributed by atoms with E-state index in [1.165, 1.54) is 4.90 Å². The lowest BCUT2D eigenvalue weighted by Crippen LogP contribution is -2.57. The van der Waals surface area contributed by atoms with Crippen molar-refractivity contribution in [1.29, 1.82) is 0 Å². The number of hydrogen-bond acceptors (Lipinski definition) is 7. The summed E-state index contributed by atoms with van der Waals surface area (Å²) in [6.45, 7) is 8.63. The SMILES string of the molecule is Cc1ncsc1-c1ccc(CNC(=O)[C@@H]2C[C@@H](O)CN2C(=O)[C@@H](NC(=O)CCCCCCN)C(C)(C)C)cc1.Cl. The molecule has 0 bridgehead atoms. The predicted molar refractivity (Wildman–Crippen MR) is 161 cm³/mol. The molecule has 0 unspecified atom stereocenters. The molecular weight excluding hydrogens is 550 g/mol. The van der Waals surface area contributed by atoms with Gasteiger partial charge in [-0.3, -0.25) is 14.4 Å². The highest BCUT2D eigenvalue weighted by Gasteiger charge is 2.44. The monoisotopic (exact) mass is 593 g/mol. The molecule has 1 aromatic heterocycles. The van der Waals surface area contributed by atoms with Crippen LogP contribution in [0.2, 0.25) is 0 Å². The standard InChI is InChI=1S/C29H43N5O4S.ClH/c1-19-25(39-18-32-19)21-12-10-20(11-13-21)16-31-27(37)23-15-22(35)17-34(23)28(38)26(29(2,3)4)33-24(36)9-7-5-6-8-14-30;/h10-13,18,22-23,26,35H,5-9,14-17,30H2,1-4H3,(H,31,37)(H,33,36);1H/t22-,23+,26-;/m1./s1. The summed E-state index contributed by atoms with van der Waals surface area (Å²) >= 11 is 1.59. The Bertz CT molecular complexity index is 1120. The molecule has 0 aliphatic carbocycles. The number of carbonyl (C=O) groups excluding carboxylic acids is 3. The number of thiazole rings is 1. The highest BCUT2D eigenvalue weighted by atomic mass is 35.5. The minimum absolute atomic E-state index is 0. The molecule has 3 atom stereocenters. The maximum Gasteiger partial charge on any atom is 0.246 e. The van der Waals surface area contributed by atoms with Crippen molar-refractivity contribution >= 4 is 41.5 Å². The number of halogens is 1. The van der Waals surface area contributed by atoms with E-state index in [2.05, 4.69) is 15.6 Å². The van der Waals surface area contributed by atoms with Crippen molar-refractivity contribution in [2.75, 3.05) is 13.1 Å². The second kappa shape index (κ2) is 15.5. The van der Waals surface area contributed by atoms with Crippen LogP contribution in [-0.4, -0.2) is 64.0 Å². The molecule has 1 aromatic carbocycles. The first-order valence-corrected chi connectivity index (χ1v) is 14.6. The van der Waals surface area contributed by atoms with Crippen molar-refractivity contribution in [2.24, 2.45) is 11.1 Å². The number of amides is 3. The van der Waals surface area contributed by atoms with Crippen molar-refractivity contribution in [3.8, 4) is 10.4 Å². The lowest BCUT2D eigenvalue weighted by molar-refractivity contribution is -0.144. The summed E-state index contributed by atoms with van der Waals surface area (Å²) in [5.41, 5.74) is 9.76. The second-order valence-electron chi connectivity index (χ2n) is 11.4. The number of hydrogen-bond donors (Lipinski definition) is 4. The summed E-state index contributed by atoms with van der Waals surface area (Å²) in [7, 11) is 0. The Kier molecular flexibility index (Phi) is 13.0. The van der Waals surface area contributed by atoms with E-state index in [-0.39, 0.29) is 43.1 Å². The molecule has 0 spiro atoms. The number of likely N-dealkylation sites (tertiary alicyclic amines) is 1. The molecule has 3 rings (SSSR count). The summed E-state index contributed by atoms with van der Waals surface area (Å²) in [6.07, 6.45) is 3.24. The minimum Gasteiger partial charge on any atom is -0.391 e. The maximum absolute atomic E-state index is 13.7. The molecule has 9 nitrogen and oxygen atoms in total. The number of aliphatic hydroxyl groups excluding tert-OH is 1. The number of nitrogens with two attached hydrogens (primary N) is 1. The molecule has 5 N–H and O–H groups in total. The molecule has 1 aliphatic rings. The lowest BCUT2D eigenvalue weighted by Gasteiger charge is -2.35. The number of carbonyl (C=O) groups is 3. The van der Waals surface area contributed by atoms with Crippen LogP contribution in [0.5, 0.6) is 0 Å². The first-order chi connectivity index (χ1) is 18.5. The zero-order valence-corrected chi connectivity index (χ0v) is 25.6. The minimum atomic E-state index is -0.808. The summed E-state index contributed by atoms with van der Waals surface area (Å²) in [5.74, 6) is -0.852. The zero-order valence-electron chi connectivity index (χ0n) is 23.9. The summed E-state index contributed by atoms with van der Waals surface area (Å²) < 4.78 is 0. The fourth-order valence-electron chi connectivity index (χ4n) is 4.80. The van der Waals surface area contributed by atoms with Gasteiger partial charge in [0.05, 0.1) is 22.2 Å². The second-order valence-corrected chi connectivity index (χ2v) is 12.3. The van der Waals surface area contributed by atoms with Gasteiger partial charge in [0, 0.05) is 25.9 Å². The van der Waals surface area contributed by atoms with Crippen LogP contribution in [0.1, 0.15) is 70.6 Å². The van der Waals surface area contributed by atoms with Crippen molar-refractivity contribution in [1.82, 2.24) is 20.5 Å². The highest BCUT2D eigenvalue weighted by molar-refractivity contribution is 7.13. The van der Waals surface area contributed by atoms with E-state index in [1.54, 1.807) is 11.3 Å². The molecule has 11 heteroatoms. The van der Waals surface area contributed by atoms with Crippen LogP contribution in [0.3, 0.4) is 0 Å². The van der Waals surface area contributed by atoms with Crippen LogP contribution in [-0.2, 0) is 20.9 Å². The van der Waals surface area contributed by atoms with Crippen LogP contribution in [0, 0.1) is 12.3 Å². The molecule has 0 radical (unpaired) electrons. The van der Waals surface area contributed by atoms with Gasteiger partial charge in [-0.05, 0) is 42.9 Å². The largest absolute Gasteiger partial charge is 0.391 e. The quantitative estimate of drug-likeness (QED) is 0.278. The molecule has 2 heterocycles. The van der Waals surface area contributed by atoms with Gasteiger partial charge in [0.25, 0.3) is 0 Å². The van der Waals surface area contributed by atoms with Crippen molar-refractivity contribution < 1.29 is 19.5 Å². The summed E-state index contributed by atoms with van der Waals surface area (Å²) in [4.78, 5) is 46.3. The van der Waals surface area contributed by atoms with Crippen LogP contribution < -0.4 is 16.4 Å². The fourth-order valence-corrected chi connectivity index (χ4v) is 5.61. The number of aryl methyl sites for hydroxylation is 1.